The van der Waals surface area contributed by atoms with Gasteiger partial charge in [0.2, 0.25) is 0 Å². The number of pyridine rings is 1. The zero-order chi connectivity index (χ0) is 31.0. The van der Waals surface area contributed by atoms with Crippen molar-refractivity contribution in [2.45, 2.75) is 42.5 Å². The number of aryl methyl sites for hydroxylation is 1. The molecule has 0 unspecified atom stereocenters. The molecule has 0 radical (unpaired) electrons. The van der Waals surface area contributed by atoms with Gasteiger partial charge in [0.15, 0.2) is 15.5 Å². The third-order valence-corrected chi connectivity index (χ3v) is 9.85. The smallest absolute Gasteiger partial charge is 0.412 e. The first-order valence-corrected chi connectivity index (χ1v) is 16.7. The summed E-state index contributed by atoms with van der Waals surface area (Å²) in [5.74, 6) is 0. The molecule has 0 spiro atoms. The molecular formula is C28H31F3N3O7PS. The summed E-state index contributed by atoms with van der Waals surface area (Å²) in [5, 5.41) is 1.23. The number of aromatic nitrogens is 2. The van der Waals surface area contributed by atoms with Crippen LogP contribution in [0.5, 0.6) is 0 Å². The van der Waals surface area contributed by atoms with E-state index in [1.165, 1.54) is 4.73 Å². The largest absolute Gasteiger partial charge is 0.469 e. The third kappa shape index (κ3) is 7.57. The molecule has 1 saturated carbocycles. The Morgan fingerprint density at radius 2 is 1.84 bits per heavy atom. The lowest BCUT2D eigenvalue weighted by Gasteiger charge is -2.23. The SMILES string of the molecule is Cc1cnc2c(c1)c1c(-c3cccc(S(=O)(=O)C4CC4)c3)cccc1n2OCCCN(CCOP(=O)(O)O)CC(F)(F)F. The molecule has 2 aromatic heterocycles. The average molecular weight is 642 g/mol. The molecular weight excluding hydrogens is 610 g/mol. The molecule has 1 fully saturated rings. The summed E-state index contributed by atoms with van der Waals surface area (Å²) in [4.78, 5) is 29.5. The summed E-state index contributed by atoms with van der Waals surface area (Å²) >= 11 is 0. The molecule has 0 saturated heterocycles. The highest BCUT2D eigenvalue weighted by molar-refractivity contribution is 7.92. The second-order valence-electron chi connectivity index (χ2n) is 10.6. The van der Waals surface area contributed by atoms with E-state index in [0.29, 0.717) is 29.6 Å². The highest BCUT2D eigenvalue weighted by Gasteiger charge is 2.37. The fraction of sp³-hybridized carbons (Fsp3) is 0.393. The molecule has 1 aliphatic rings. The van der Waals surface area contributed by atoms with Gasteiger partial charge in [-0.15, -0.1) is 0 Å². The van der Waals surface area contributed by atoms with Crippen LogP contribution in [0.1, 0.15) is 24.8 Å². The van der Waals surface area contributed by atoms with Gasteiger partial charge in [-0.25, -0.2) is 18.0 Å². The molecule has 10 nitrogen and oxygen atoms in total. The van der Waals surface area contributed by atoms with Crippen molar-refractivity contribution in [3.8, 4) is 11.1 Å². The Bertz CT molecular complexity index is 1790. The van der Waals surface area contributed by atoms with Crippen molar-refractivity contribution in [3.63, 3.8) is 0 Å². The van der Waals surface area contributed by atoms with E-state index in [9.17, 15) is 26.2 Å². The van der Waals surface area contributed by atoms with Gasteiger partial charge in [0.25, 0.3) is 0 Å². The van der Waals surface area contributed by atoms with E-state index in [1.54, 1.807) is 24.4 Å². The molecule has 0 aliphatic heterocycles. The molecule has 0 atom stereocenters. The Kier molecular flexibility index (Phi) is 8.90. The number of alkyl halides is 3. The second kappa shape index (κ2) is 12.2. The molecule has 15 heteroatoms. The number of hydrogen-bond acceptors (Lipinski definition) is 7. The monoisotopic (exact) mass is 641 g/mol. The Labute approximate surface area is 246 Å². The summed E-state index contributed by atoms with van der Waals surface area (Å²) in [6.45, 7) is -0.328. The van der Waals surface area contributed by atoms with Gasteiger partial charge in [0.1, 0.15) is 6.61 Å². The van der Waals surface area contributed by atoms with Crippen LogP contribution in [0.15, 0.2) is 59.6 Å². The number of benzene rings is 2. The number of halogens is 3. The highest BCUT2D eigenvalue weighted by Crippen LogP contribution is 2.39. The number of fused-ring (bicyclic) bond motifs is 3. The quantitative estimate of drug-likeness (QED) is 0.155. The summed E-state index contributed by atoms with van der Waals surface area (Å²) < 4.78 is 81.9. The Hall–Kier alpha value is -3.00. The van der Waals surface area contributed by atoms with Crippen LogP contribution >= 0.6 is 7.82 Å². The number of rotatable bonds is 13. The van der Waals surface area contributed by atoms with Crippen molar-refractivity contribution in [1.82, 2.24) is 14.6 Å². The minimum atomic E-state index is -4.80. The van der Waals surface area contributed by atoms with Gasteiger partial charge < -0.3 is 14.6 Å². The Morgan fingerprint density at radius 3 is 2.53 bits per heavy atom. The van der Waals surface area contributed by atoms with Crippen molar-refractivity contribution in [2.75, 3.05) is 32.8 Å². The lowest BCUT2D eigenvalue weighted by molar-refractivity contribution is -0.147. The van der Waals surface area contributed by atoms with Crippen LogP contribution in [0, 0.1) is 6.92 Å². The van der Waals surface area contributed by atoms with Crippen molar-refractivity contribution in [1.29, 1.82) is 0 Å². The van der Waals surface area contributed by atoms with E-state index < -0.39 is 37.0 Å². The molecule has 4 aromatic rings. The van der Waals surface area contributed by atoms with Crippen LogP contribution < -0.4 is 4.84 Å². The molecule has 1 aliphatic carbocycles. The number of sulfone groups is 1. The predicted molar refractivity (Wildman–Crippen MR) is 154 cm³/mol. The van der Waals surface area contributed by atoms with Crippen molar-refractivity contribution < 1.29 is 45.3 Å². The maximum Gasteiger partial charge on any atom is 0.469 e. The van der Waals surface area contributed by atoms with E-state index in [-0.39, 0.29) is 36.3 Å². The number of phosphoric ester groups is 1. The van der Waals surface area contributed by atoms with Crippen LogP contribution in [0.3, 0.4) is 0 Å². The van der Waals surface area contributed by atoms with Crippen LogP contribution in [-0.2, 0) is 18.9 Å². The minimum absolute atomic E-state index is 0.0154. The fourth-order valence-electron chi connectivity index (χ4n) is 5.05. The van der Waals surface area contributed by atoms with E-state index in [4.69, 9.17) is 14.6 Å². The van der Waals surface area contributed by atoms with Crippen LogP contribution in [0.2, 0.25) is 0 Å². The lowest BCUT2D eigenvalue weighted by Crippen LogP contribution is -2.37. The van der Waals surface area contributed by atoms with Crippen LogP contribution in [0.4, 0.5) is 13.2 Å². The molecule has 5 rings (SSSR count). The summed E-state index contributed by atoms with van der Waals surface area (Å²) in [5.41, 5.74) is 3.55. The van der Waals surface area contributed by atoms with E-state index in [0.717, 1.165) is 26.8 Å². The summed E-state index contributed by atoms with van der Waals surface area (Å²) in [7, 11) is -8.20. The van der Waals surface area contributed by atoms with Gasteiger partial charge in [-0.3, -0.25) is 9.42 Å². The highest BCUT2D eigenvalue weighted by atomic mass is 32.2. The molecule has 232 valence electrons. The fourth-order valence-corrected chi connectivity index (χ4v) is 7.07. The van der Waals surface area contributed by atoms with Gasteiger partial charge in [-0.05, 0) is 67.1 Å². The normalized spacial score (nSPS) is 14.7. The Morgan fingerprint density at radius 1 is 1.09 bits per heavy atom. The van der Waals surface area contributed by atoms with Gasteiger partial charge >= 0.3 is 14.0 Å². The standard InChI is InChI=1S/C28H31F3N3O7PS/c1-19-15-24-26-23(20-5-2-6-22(16-20)43(38,39)21-9-10-21)7-3-8-25(26)34(27(24)32-17-19)40-13-4-11-33(18-28(29,30)31)12-14-41-42(35,36)37/h2-3,5-8,15-17,21H,4,9-14,18H2,1H3,(H2,35,36,37). The number of nitrogens with zero attached hydrogens (tertiary/aromatic N) is 3. The van der Waals surface area contributed by atoms with Gasteiger partial charge in [-0.2, -0.15) is 17.9 Å². The first kappa shape index (κ1) is 31.4. The first-order valence-electron chi connectivity index (χ1n) is 13.6. The molecule has 2 N–H and O–H groups in total. The third-order valence-electron chi connectivity index (χ3n) is 7.07. The molecule has 2 heterocycles. The molecule has 0 amide bonds. The maximum absolute atomic E-state index is 13.1. The maximum atomic E-state index is 13.1. The second-order valence-corrected chi connectivity index (χ2v) is 14.0. The summed E-state index contributed by atoms with van der Waals surface area (Å²) in [6.07, 6.45) is -1.35. The minimum Gasteiger partial charge on any atom is -0.412 e. The van der Waals surface area contributed by atoms with Gasteiger partial charge in [0, 0.05) is 30.1 Å². The first-order chi connectivity index (χ1) is 20.2. The van der Waals surface area contributed by atoms with E-state index in [2.05, 4.69) is 9.51 Å². The van der Waals surface area contributed by atoms with Crippen LogP contribution in [-0.4, -0.2) is 77.1 Å². The Balaban J connectivity index is 1.41. The van der Waals surface area contributed by atoms with Crippen LogP contribution in [0.25, 0.3) is 33.1 Å². The molecule has 0 bridgehead atoms. The predicted octanol–water partition coefficient (Wildman–Crippen LogP) is 4.89. The number of phosphoric acid groups is 1. The topological polar surface area (TPSA) is 131 Å². The average Bonchev–Trinajstić information content (AvgIpc) is 3.74. The zero-order valence-electron chi connectivity index (χ0n) is 23.2. The van der Waals surface area contributed by atoms with E-state index >= 15 is 0 Å². The molecule has 2 aromatic carbocycles. The number of hydrogen-bond donors (Lipinski definition) is 2. The van der Waals surface area contributed by atoms with Gasteiger partial charge in [0.05, 0.1) is 28.8 Å². The van der Waals surface area contributed by atoms with Crippen molar-refractivity contribution in [3.05, 3.63) is 60.3 Å². The van der Waals surface area contributed by atoms with Crippen molar-refractivity contribution >= 4 is 39.6 Å². The lowest BCUT2D eigenvalue weighted by atomic mass is 10.00. The van der Waals surface area contributed by atoms with Gasteiger partial charge in [-0.1, -0.05) is 24.3 Å². The zero-order valence-corrected chi connectivity index (χ0v) is 24.9. The van der Waals surface area contributed by atoms with E-state index in [1.807, 2.05) is 37.3 Å². The summed E-state index contributed by atoms with van der Waals surface area (Å²) in [6, 6.07) is 14.3. The van der Waals surface area contributed by atoms with Crippen molar-refractivity contribution in [2.24, 2.45) is 0 Å². The molecule has 43 heavy (non-hydrogen) atoms.